The van der Waals surface area contributed by atoms with Crippen molar-refractivity contribution in [1.29, 1.82) is 0 Å². The number of carbonyl (C=O) groups excluding carboxylic acids is 2. The molecule has 10 aromatic rings. The van der Waals surface area contributed by atoms with E-state index in [0.717, 1.165) is 0 Å². The third-order valence-electron chi connectivity index (χ3n) is 9.99. The van der Waals surface area contributed by atoms with Crippen molar-refractivity contribution in [2.75, 3.05) is 0 Å². The van der Waals surface area contributed by atoms with Gasteiger partial charge in [0.2, 0.25) is 21.1 Å². The molecule has 28 heteroatoms. The van der Waals surface area contributed by atoms with Crippen LogP contribution in [0.2, 0.25) is 21.1 Å². The summed E-state index contributed by atoms with van der Waals surface area (Å²) in [6, 6.07) is 28.3. The van der Waals surface area contributed by atoms with E-state index >= 15 is 0 Å². The molecule has 0 spiro atoms. The van der Waals surface area contributed by atoms with E-state index in [2.05, 4.69) is 59.8 Å². The molecule has 2 aliphatic heterocycles. The van der Waals surface area contributed by atoms with Crippen molar-refractivity contribution in [3.8, 4) is 106 Å². The minimum atomic E-state index is -0.871. The second-order valence-electron chi connectivity index (χ2n) is 15.3. The number of nitrogens with zero attached hydrogens (tertiary/aromatic N) is 12. The van der Waals surface area contributed by atoms with Crippen LogP contribution in [0.5, 0.6) is 106 Å². The first-order valence-electron chi connectivity index (χ1n) is 21.4. The summed E-state index contributed by atoms with van der Waals surface area (Å²) in [4.78, 5) is 77.0. The number of hydrogen-bond acceptors (Lipinski definition) is 24. The molecule has 24 nitrogen and oxygen atoms in total. The number of carbonyl (C=O) groups is 2. The lowest BCUT2D eigenvalue weighted by atomic mass is 10.1. The van der Waals surface area contributed by atoms with Crippen LogP contribution >= 0.6 is 46.4 Å². The molecular formula is C48H20Cl4N12O12. The quantitative estimate of drug-likeness (QED) is 0.117. The molecule has 0 aliphatic carbocycles. The van der Waals surface area contributed by atoms with E-state index in [1.165, 1.54) is 48.5 Å². The van der Waals surface area contributed by atoms with Gasteiger partial charge in [-0.3, -0.25) is 0 Å². The largest absolute Gasteiger partial charge is 0.424 e. The zero-order valence-electron chi connectivity index (χ0n) is 37.3. The van der Waals surface area contributed by atoms with Crippen molar-refractivity contribution in [3.63, 3.8) is 0 Å². The van der Waals surface area contributed by atoms with E-state index < -0.39 is 11.9 Å². The van der Waals surface area contributed by atoms with Gasteiger partial charge in [-0.15, -0.1) is 19.9 Å². The number of hydrogen-bond donors (Lipinski definition) is 0. The topological polar surface area (TPSA) is 281 Å². The Balaban J connectivity index is 0.818. The predicted octanol–water partition coefficient (Wildman–Crippen LogP) is 11.6. The molecule has 372 valence electrons. The molecule has 76 heavy (non-hydrogen) atoms. The molecule has 0 N–H and O–H groups in total. The molecule has 0 fully saturated rings. The molecule has 0 radical (unpaired) electrons. The van der Waals surface area contributed by atoms with E-state index in [0.29, 0.717) is 10.8 Å². The van der Waals surface area contributed by atoms with E-state index in [1.54, 1.807) is 72.8 Å². The van der Waals surface area contributed by atoms with Crippen LogP contribution in [0.25, 0.3) is 10.8 Å². The lowest BCUT2D eigenvalue weighted by Gasteiger charge is -2.13. The predicted molar refractivity (Wildman–Crippen MR) is 260 cm³/mol. The van der Waals surface area contributed by atoms with Gasteiger partial charge in [-0.2, -0.15) is 39.9 Å². The van der Waals surface area contributed by atoms with Crippen LogP contribution < -0.4 is 47.4 Å². The maximum Gasteiger partial charge on any atom is 0.343 e. The van der Waals surface area contributed by atoms with E-state index in [-0.39, 0.29) is 138 Å². The van der Waals surface area contributed by atoms with Gasteiger partial charge in [0.25, 0.3) is 0 Å². The lowest BCUT2D eigenvalue weighted by Crippen LogP contribution is -2.10. The number of rotatable bonds is 4. The Morgan fingerprint density at radius 3 is 0.855 bits per heavy atom. The molecule has 16 bridgehead atoms. The molecule has 0 amide bonds. The number of aromatic nitrogens is 12. The van der Waals surface area contributed by atoms with Gasteiger partial charge in [0.1, 0.15) is 57.5 Å². The van der Waals surface area contributed by atoms with Crippen molar-refractivity contribution in [3.05, 3.63) is 154 Å². The van der Waals surface area contributed by atoms with Gasteiger partial charge < -0.3 is 47.4 Å². The summed E-state index contributed by atoms with van der Waals surface area (Å²) in [5.74, 6) is -0.680. The molecule has 4 aromatic heterocycles. The number of ether oxygens (including phenoxy) is 10. The molecule has 6 aromatic carbocycles. The minimum Gasteiger partial charge on any atom is -0.424 e. The molecule has 0 unspecified atom stereocenters. The Labute approximate surface area is 443 Å². The Kier molecular flexibility index (Phi) is 12.3. The number of esters is 2. The Morgan fingerprint density at radius 2 is 0.566 bits per heavy atom. The van der Waals surface area contributed by atoms with Crippen molar-refractivity contribution in [2.24, 2.45) is 0 Å². The summed E-state index contributed by atoms with van der Waals surface area (Å²) in [6.45, 7) is 0. The summed E-state index contributed by atoms with van der Waals surface area (Å²) in [7, 11) is 0. The van der Waals surface area contributed by atoms with Crippen molar-refractivity contribution in [2.45, 2.75) is 0 Å². The van der Waals surface area contributed by atoms with E-state index in [4.69, 9.17) is 93.8 Å². The van der Waals surface area contributed by atoms with Crippen molar-refractivity contribution >= 4 is 69.1 Å². The molecular weight excluding hydrogens is 1080 g/mol. The Bertz CT molecular complexity index is 3590. The highest BCUT2D eigenvalue weighted by molar-refractivity contribution is 6.29. The Hall–Kier alpha value is -9.88. The van der Waals surface area contributed by atoms with E-state index in [1.807, 2.05) is 0 Å². The number of benzene rings is 6. The summed E-state index contributed by atoms with van der Waals surface area (Å²) < 4.78 is 58.7. The molecule has 2 aliphatic rings. The van der Waals surface area contributed by atoms with Crippen LogP contribution in [0.3, 0.4) is 0 Å². The van der Waals surface area contributed by atoms with Crippen LogP contribution in [0.15, 0.2) is 121 Å². The average Bonchev–Trinajstić information content (AvgIpc) is 3.36. The standard InChI is InChI=1S/C48H20Cl4N12O12/c49-37-53-41-61-45(57-37)73-31-13-23(14-32(19-31)74-46-58-38(50)54-42(62-46)70-26-4-1-3-25(17-26)69-41)35(65)67-29-9-7-21-8-10-30(12-22(21)11-29)68-36(66)24-15-33-20-34(16-24)76-48-60-40(52)56-44(64-48)72-28-6-2-5-27(18-28)71-43-55-39(51)59-47(63-43)75-33/h1-20H. The first-order chi connectivity index (χ1) is 36.9. The second-order valence-corrected chi connectivity index (χ2v) is 16.6. The zero-order valence-corrected chi connectivity index (χ0v) is 40.3. The van der Waals surface area contributed by atoms with Gasteiger partial charge in [0.05, 0.1) is 11.1 Å². The van der Waals surface area contributed by atoms with Gasteiger partial charge in [-0.25, -0.2) is 9.59 Å². The molecule has 0 saturated heterocycles. The summed E-state index contributed by atoms with van der Waals surface area (Å²) in [5, 5.41) is 0.130. The monoisotopic (exact) mass is 1100 g/mol. The fourth-order valence-electron chi connectivity index (χ4n) is 6.95. The maximum absolute atomic E-state index is 14.0. The number of fused-ring (bicyclic) bond motifs is 17. The molecule has 12 rings (SSSR count). The fourth-order valence-corrected chi connectivity index (χ4v) is 7.52. The van der Waals surface area contributed by atoms with Gasteiger partial charge in [-0.1, -0.05) is 24.3 Å². The minimum absolute atomic E-state index is 0.0245. The van der Waals surface area contributed by atoms with Gasteiger partial charge in [0.15, 0.2) is 0 Å². The molecule has 6 heterocycles. The van der Waals surface area contributed by atoms with Crippen LogP contribution in [0.1, 0.15) is 20.7 Å². The van der Waals surface area contributed by atoms with Gasteiger partial charge in [0, 0.05) is 24.3 Å². The second kappa shape index (κ2) is 19.9. The first-order valence-corrected chi connectivity index (χ1v) is 23.0. The maximum atomic E-state index is 14.0. The Morgan fingerprint density at radius 1 is 0.303 bits per heavy atom. The van der Waals surface area contributed by atoms with Crippen LogP contribution in [0, 0.1) is 0 Å². The van der Waals surface area contributed by atoms with E-state index in [9.17, 15) is 9.59 Å². The number of halogens is 4. The van der Waals surface area contributed by atoms with Crippen LogP contribution in [-0.4, -0.2) is 71.7 Å². The molecule has 0 saturated carbocycles. The first kappa shape index (κ1) is 47.1. The highest BCUT2D eigenvalue weighted by Gasteiger charge is 2.22. The average molecular weight is 1100 g/mol. The summed E-state index contributed by atoms with van der Waals surface area (Å²) in [5.41, 5.74) is -0.170. The van der Waals surface area contributed by atoms with Crippen LogP contribution in [0.4, 0.5) is 0 Å². The normalized spacial score (nSPS) is 12.1. The smallest absolute Gasteiger partial charge is 0.343 e. The third kappa shape index (κ3) is 11.0. The lowest BCUT2D eigenvalue weighted by molar-refractivity contribution is 0.0725. The SMILES string of the molecule is O=C(Oc1ccc2ccc(OC(=O)c3cc4cc(c3)Oc3nc(Cl)nc(n3)Oc3cccc(c3)Oc3nc(Cl)nc(n3)O4)cc2c1)c1cc2cc(c1)Oc1nc(Cl)nc(n1)Oc1cccc(c1)Oc1nc(Cl)nc(n1)O2. The zero-order chi connectivity index (χ0) is 51.9. The highest BCUT2D eigenvalue weighted by atomic mass is 35.5. The highest BCUT2D eigenvalue weighted by Crippen LogP contribution is 2.36. The van der Waals surface area contributed by atoms with Crippen molar-refractivity contribution in [1.82, 2.24) is 59.8 Å². The molecule has 0 atom stereocenters. The van der Waals surface area contributed by atoms with Gasteiger partial charge >= 0.3 is 60.0 Å². The summed E-state index contributed by atoms with van der Waals surface area (Å²) in [6.07, 6.45) is 0. The van der Waals surface area contributed by atoms with Crippen LogP contribution in [-0.2, 0) is 0 Å². The fraction of sp³-hybridized carbons (Fsp3) is 0. The summed E-state index contributed by atoms with van der Waals surface area (Å²) >= 11 is 24.9. The third-order valence-corrected chi connectivity index (χ3v) is 10.7. The van der Waals surface area contributed by atoms with Crippen molar-refractivity contribution < 1.29 is 57.0 Å². The van der Waals surface area contributed by atoms with Gasteiger partial charge in [-0.05, 0) is 130 Å².